The summed E-state index contributed by atoms with van der Waals surface area (Å²) in [6, 6.07) is 14.9. The first kappa shape index (κ1) is 17.3. The average Bonchev–Trinajstić information content (AvgIpc) is 3.32. The summed E-state index contributed by atoms with van der Waals surface area (Å²) in [7, 11) is 0. The third-order valence-electron chi connectivity index (χ3n) is 4.31. The Labute approximate surface area is 157 Å². The van der Waals surface area contributed by atoms with Crippen LogP contribution in [0, 0.1) is 6.92 Å². The van der Waals surface area contributed by atoms with Crippen molar-refractivity contribution in [1.82, 2.24) is 4.98 Å². The number of hydrogen-bond donors (Lipinski definition) is 0. The number of aromatic nitrogens is 1. The zero-order valence-corrected chi connectivity index (χ0v) is 15.5. The maximum Gasteiger partial charge on any atom is 0.218 e. The maximum absolute atomic E-state index is 5.57. The van der Waals surface area contributed by atoms with Crippen LogP contribution < -0.4 is 0 Å². The van der Waals surface area contributed by atoms with Crippen molar-refractivity contribution < 1.29 is 13.9 Å². The molecule has 0 N–H and O–H groups in total. The Morgan fingerprint density at radius 3 is 2.54 bits per heavy atom. The molecule has 0 atom stereocenters. The third kappa shape index (κ3) is 4.18. The maximum atomic E-state index is 5.57. The molecule has 1 fully saturated rings. The molecule has 0 spiro atoms. The van der Waals surface area contributed by atoms with Crippen molar-refractivity contribution in [2.24, 2.45) is 0 Å². The summed E-state index contributed by atoms with van der Waals surface area (Å²) in [6.45, 7) is 3.25. The number of hydrogen-bond acceptors (Lipinski definition) is 5. The van der Waals surface area contributed by atoms with Gasteiger partial charge in [0.05, 0.1) is 24.4 Å². The number of ether oxygens (including phenoxy) is 2. The van der Waals surface area contributed by atoms with Crippen LogP contribution in [0.15, 0.2) is 69.1 Å². The molecule has 1 aromatic carbocycles. The van der Waals surface area contributed by atoms with Gasteiger partial charge in [-0.25, -0.2) is 0 Å². The third-order valence-corrected chi connectivity index (χ3v) is 5.37. The van der Waals surface area contributed by atoms with Crippen molar-refractivity contribution in [3.05, 3.63) is 77.5 Å². The van der Waals surface area contributed by atoms with E-state index >= 15 is 0 Å². The quantitative estimate of drug-likeness (QED) is 0.616. The molecule has 0 bridgehead atoms. The lowest BCUT2D eigenvalue weighted by Crippen LogP contribution is -1.97. The van der Waals surface area contributed by atoms with E-state index in [4.69, 9.17) is 13.9 Å². The van der Waals surface area contributed by atoms with Crippen molar-refractivity contribution >= 4 is 11.8 Å². The normalized spacial score (nSPS) is 14.8. The first-order valence-corrected chi connectivity index (χ1v) is 9.58. The largest absolute Gasteiger partial charge is 0.463 e. The first-order valence-electron chi connectivity index (χ1n) is 8.77. The number of nitrogens with zero attached hydrogens (tertiary/aromatic N) is 1. The average molecular weight is 367 g/mol. The predicted octanol–water partition coefficient (Wildman–Crippen LogP) is 4.96. The Morgan fingerprint density at radius 1 is 1.00 bits per heavy atom. The second-order valence-corrected chi connectivity index (χ2v) is 7.39. The minimum absolute atomic E-state index is 0.379. The van der Waals surface area contributed by atoms with Crippen molar-refractivity contribution in [3.8, 4) is 0 Å². The molecule has 1 aliphatic heterocycles. The first-order chi connectivity index (χ1) is 12.8. The summed E-state index contributed by atoms with van der Waals surface area (Å²) < 4.78 is 16.7. The smallest absolute Gasteiger partial charge is 0.218 e. The van der Waals surface area contributed by atoms with Gasteiger partial charge in [-0.15, -0.1) is 0 Å². The Kier molecular flexibility index (Phi) is 5.39. The Balaban J connectivity index is 1.38. The van der Waals surface area contributed by atoms with E-state index in [0.29, 0.717) is 13.2 Å². The lowest BCUT2D eigenvalue weighted by Gasteiger charge is -2.09. The van der Waals surface area contributed by atoms with Gasteiger partial charge in [-0.05, 0) is 61.2 Å². The molecule has 1 aliphatic rings. The number of rotatable bonds is 6. The molecule has 0 unspecified atom stereocenters. The van der Waals surface area contributed by atoms with Gasteiger partial charge < -0.3 is 13.9 Å². The predicted molar refractivity (Wildman–Crippen MR) is 100 cm³/mol. The minimum Gasteiger partial charge on any atom is -0.463 e. The summed E-state index contributed by atoms with van der Waals surface area (Å²) in [5.74, 6) is 0.754. The number of pyridine rings is 1. The van der Waals surface area contributed by atoms with Crippen LogP contribution in [-0.4, -0.2) is 18.2 Å². The molecule has 0 radical (unpaired) electrons. The molecule has 1 saturated heterocycles. The van der Waals surface area contributed by atoms with Gasteiger partial charge in [0, 0.05) is 16.8 Å². The van der Waals surface area contributed by atoms with Crippen LogP contribution in [0.25, 0.3) is 0 Å². The van der Waals surface area contributed by atoms with Crippen LogP contribution in [-0.2, 0) is 22.3 Å². The van der Waals surface area contributed by atoms with E-state index in [0.717, 1.165) is 29.2 Å². The highest BCUT2D eigenvalue weighted by molar-refractivity contribution is 7.99. The highest BCUT2D eigenvalue weighted by Gasteiger charge is 2.25. The highest BCUT2D eigenvalue weighted by Crippen LogP contribution is 2.37. The second-order valence-electron chi connectivity index (χ2n) is 6.27. The Hall–Kier alpha value is -2.08. The fraction of sp³-hybridized carbons (Fsp3) is 0.286. The van der Waals surface area contributed by atoms with Crippen LogP contribution in [0.2, 0.25) is 0 Å². The van der Waals surface area contributed by atoms with Crippen LogP contribution in [0.3, 0.4) is 0 Å². The Morgan fingerprint density at radius 2 is 1.77 bits per heavy atom. The molecule has 134 valence electrons. The van der Waals surface area contributed by atoms with Crippen molar-refractivity contribution in [2.45, 2.75) is 35.8 Å². The molecule has 3 heterocycles. The van der Waals surface area contributed by atoms with Crippen LogP contribution in [0.5, 0.6) is 0 Å². The van der Waals surface area contributed by atoms with Gasteiger partial charge >= 0.3 is 0 Å². The van der Waals surface area contributed by atoms with Gasteiger partial charge in [-0.1, -0.05) is 23.9 Å². The van der Waals surface area contributed by atoms with Gasteiger partial charge in [0.25, 0.3) is 0 Å². The molecular formula is C21H21NO3S. The van der Waals surface area contributed by atoms with E-state index in [2.05, 4.69) is 41.4 Å². The van der Waals surface area contributed by atoms with Gasteiger partial charge in [0.2, 0.25) is 6.29 Å². The SMILES string of the molecule is Cc1cc(CCc2ccc(Sc3ccoc3C3OCCO3)cc2)ccn1. The van der Waals surface area contributed by atoms with Crippen LogP contribution >= 0.6 is 11.8 Å². The van der Waals surface area contributed by atoms with E-state index in [1.165, 1.54) is 16.0 Å². The monoisotopic (exact) mass is 367 g/mol. The standard InChI is InChI=1S/C21H21NO3S/c1-15-14-17(8-10-22-15)3-2-16-4-6-18(7-5-16)26-19-9-11-23-20(19)21-24-12-13-25-21/h4-11,14,21H,2-3,12-13H2,1H3. The summed E-state index contributed by atoms with van der Waals surface area (Å²) in [4.78, 5) is 6.46. The zero-order valence-electron chi connectivity index (χ0n) is 14.7. The molecule has 5 heteroatoms. The van der Waals surface area contributed by atoms with E-state index < -0.39 is 0 Å². The minimum atomic E-state index is -0.379. The van der Waals surface area contributed by atoms with Crippen molar-refractivity contribution in [3.63, 3.8) is 0 Å². The number of benzene rings is 1. The van der Waals surface area contributed by atoms with Gasteiger partial charge in [0.1, 0.15) is 0 Å². The number of furan rings is 1. The summed E-state index contributed by atoms with van der Waals surface area (Å²) >= 11 is 1.67. The second kappa shape index (κ2) is 8.08. The highest BCUT2D eigenvalue weighted by atomic mass is 32.2. The fourth-order valence-corrected chi connectivity index (χ4v) is 3.87. The van der Waals surface area contributed by atoms with Crippen LogP contribution in [0.4, 0.5) is 0 Å². The lowest BCUT2D eigenvalue weighted by atomic mass is 10.1. The molecule has 4 nitrogen and oxygen atoms in total. The van der Waals surface area contributed by atoms with E-state index in [-0.39, 0.29) is 6.29 Å². The number of aryl methyl sites for hydroxylation is 3. The van der Waals surface area contributed by atoms with E-state index in [1.807, 2.05) is 19.2 Å². The topological polar surface area (TPSA) is 44.5 Å². The lowest BCUT2D eigenvalue weighted by molar-refractivity contribution is -0.0611. The molecule has 2 aromatic heterocycles. The summed E-state index contributed by atoms with van der Waals surface area (Å²) in [6.07, 6.45) is 5.24. The van der Waals surface area contributed by atoms with Crippen molar-refractivity contribution in [2.75, 3.05) is 13.2 Å². The van der Waals surface area contributed by atoms with Gasteiger partial charge in [0.15, 0.2) is 5.76 Å². The van der Waals surface area contributed by atoms with Crippen LogP contribution in [0.1, 0.15) is 28.9 Å². The van der Waals surface area contributed by atoms with Gasteiger partial charge in [-0.3, -0.25) is 4.98 Å². The zero-order chi connectivity index (χ0) is 17.8. The van der Waals surface area contributed by atoms with Gasteiger partial charge in [-0.2, -0.15) is 0 Å². The van der Waals surface area contributed by atoms with Crippen molar-refractivity contribution in [1.29, 1.82) is 0 Å². The van der Waals surface area contributed by atoms with E-state index in [1.54, 1.807) is 18.0 Å². The molecule has 0 aliphatic carbocycles. The summed E-state index contributed by atoms with van der Waals surface area (Å²) in [5.41, 5.74) is 3.73. The molecule has 0 saturated carbocycles. The molecule has 26 heavy (non-hydrogen) atoms. The van der Waals surface area contributed by atoms with E-state index in [9.17, 15) is 0 Å². The Bertz CT molecular complexity index is 854. The fourth-order valence-electron chi connectivity index (χ4n) is 2.97. The molecule has 4 rings (SSSR count). The summed E-state index contributed by atoms with van der Waals surface area (Å²) in [5, 5.41) is 0. The molecule has 0 amide bonds. The molecule has 3 aromatic rings. The molecular weight excluding hydrogens is 346 g/mol.